The predicted octanol–water partition coefficient (Wildman–Crippen LogP) is 9.63. The first kappa shape index (κ1) is 38.6. The second kappa shape index (κ2) is 17.3. The number of nitrogens with zero attached hydrogens (tertiary/aromatic N) is 3. The van der Waals surface area contributed by atoms with Gasteiger partial charge in [0.1, 0.15) is 5.69 Å². The van der Waals surface area contributed by atoms with Gasteiger partial charge in [-0.2, -0.15) is 15.0 Å². The van der Waals surface area contributed by atoms with Crippen molar-refractivity contribution in [3.05, 3.63) is 71.2 Å². The molecular weight excluding hydrogens is 802 g/mol. The van der Waals surface area contributed by atoms with Crippen LogP contribution in [-0.2, 0) is 0 Å². The number of halogens is 2. The zero-order valence-electron chi connectivity index (χ0n) is 25.3. The van der Waals surface area contributed by atoms with Crippen LogP contribution in [0.25, 0.3) is 21.5 Å². The Balaban J connectivity index is 0.000000279. The van der Waals surface area contributed by atoms with Crippen molar-refractivity contribution >= 4 is 145 Å². The Bertz CT molecular complexity index is 2230. The van der Waals surface area contributed by atoms with Gasteiger partial charge >= 0.3 is 0 Å². The number of phenolic OH excluding ortho intramolecular Hbond substituents is 1. The third kappa shape index (κ3) is 8.54. The molecule has 15 N–H and O–H groups in total. The van der Waals surface area contributed by atoms with Crippen molar-refractivity contribution in [2.75, 3.05) is 33.4 Å². The van der Waals surface area contributed by atoms with Gasteiger partial charge in [-0.25, -0.2) is 0 Å². The van der Waals surface area contributed by atoms with E-state index in [1.165, 1.54) is 6.07 Å². The maximum Gasteiger partial charge on any atom is 0.232 e. The Kier molecular flexibility index (Phi) is 13.1. The van der Waals surface area contributed by atoms with Crippen molar-refractivity contribution in [2.24, 2.45) is 0 Å². The van der Waals surface area contributed by atoms with Gasteiger partial charge in [0.05, 0.1) is 42.0 Å². The number of hydrogen-bond donors (Lipinski definition) is 12. The van der Waals surface area contributed by atoms with Crippen LogP contribution in [0, 0.1) is 0 Å². The number of nitrogens with two attached hydrogens (primary N) is 3. The van der Waals surface area contributed by atoms with E-state index in [4.69, 9.17) is 49.5 Å². The average Bonchev–Trinajstić information content (AvgIpc) is 3.12. The summed E-state index contributed by atoms with van der Waals surface area (Å²) in [5.74, 6) is -0.194. The molecule has 6 rings (SSSR count). The van der Waals surface area contributed by atoms with Crippen LogP contribution in [-0.4, -0.2) is 42.8 Å². The largest absolute Gasteiger partial charge is 0.505 e. The number of nitrogen functional groups attached to an aromatic ring is 3. The van der Waals surface area contributed by atoms with Gasteiger partial charge in [-0.3, -0.25) is 10.9 Å². The van der Waals surface area contributed by atoms with E-state index in [1.807, 2.05) is 24.3 Å². The fourth-order valence-corrected chi connectivity index (χ4v) is 7.11. The lowest BCUT2D eigenvalue weighted by Gasteiger charge is -2.19. The smallest absolute Gasteiger partial charge is 0.232 e. The van der Waals surface area contributed by atoms with Gasteiger partial charge in [0.15, 0.2) is 5.75 Å². The molecule has 6 aromatic rings. The molecule has 0 aliphatic heterocycles. The molecular formula is C29H25Cl2N9O6S5. The van der Waals surface area contributed by atoms with Gasteiger partial charge in [-0.05, 0) is 76.4 Å². The summed E-state index contributed by atoms with van der Waals surface area (Å²) in [5.41, 5.74) is 25.2. The second-order valence-electron chi connectivity index (χ2n) is 9.97. The van der Waals surface area contributed by atoms with E-state index in [-0.39, 0.29) is 49.6 Å². The molecule has 0 aliphatic carbocycles. The number of rotatable bonds is 10. The lowest BCUT2D eigenvalue weighted by Crippen LogP contribution is -2.11. The molecule has 15 nitrogen and oxygen atoms in total. The quantitative estimate of drug-likeness (QED) is 0.0265. The molecule has 5 aromatic carbocycles. The van der Waals surface area contributed by atoms with E-state index in [9.17, 15) is 18.8 Å². The third-order valence-corrected chi connectivity index (χ3v) is 10.2. The third-order valence-electron chi connectivity index (χ3n) is 7.03. The molecule has 0 radical (unpaired) electrons. The van der Waals surface area contributed by atoms with Crippen molar-refractivity contribution in [2.45, 2.75) is 24.5 Å². The van der Waals surface area contributed by atoms with E-state index >= 15 is 0 Å². The molecule has 22 heteroatoms. The lowest BCUT2D eigenvalue weighted by molar-refractivity contribution is 0.482. The van der Waals surface area contributed by atoms with Crippen molar-refractivity contribution in [3.63, 3.8) is 0 Å². The van der Waals surface area contributed by atoms with Gasteiger partial charge < -0.3 is 50.4 Å². The number of aromatic hydroxyl groups is 1. The van der Waals surface area contributed by atoms with E-state index in [0.29, 0.717) is 97.3 Å². The average molecular weight is 827 g/mol. The molecule has 0 amide bonds. The number of phenols is 1. The van der Waals surface area contributed by atoms with Crippen molar-refractivity contribution in [1.29, 1.82) is 0 Å². The van der Waals surface area contributed by atoms with Crippen molar-refractivity contribution in [1.82, 2.24) is 15.0 Å². The number of hydrogen-bond acceptors (Lipinski definition) is 20. The highest BCUT2D eigenvalue weighted by Crippen LogP contribution is 2.46. The van der Waals surface area contributed by atoms with Gasteiger partial charge in [0.25, 0.3) is 0 Å². The summed E-state index contributed by atoms with van der Waals surface area (Å²) in [6.07, 6.45) is 0. The molecule has 266 valence electrons. The minimum atomic E-state index is -0.294. The van der Waals surface area contributed by atoms with Crippen LogP contribution in [0.4, 0.5) is 40.1 Å². The number of benzene rings is 5. The van der Waals surface area contributed by atoms with Crippen LogP contribution in [0.1, 0.15) is 0 Å². The molecule has 0 saturated carbocycles. The highest BCUT2D eigenvalue weighted by molar-refractivity contribution is 7.95. The van der Waals surface area contributed by atoms with Crippen LogP contribution in [0.5, 0.6) is 5.75 Å². The van der Waals surface area contributed by atoms with Crippen molar-refractivity contribution in [3.8, 4) is 5.75 Å². The maximum absolute atomic E-state index is 11.0. The Morgan fingerprint density at radius 1 is 0.627 bits per heavy atom. The Hall–Kier alpha value is -3.64. The van der Waals surface area contributed by atoms with Gasteiger partial charge in [-0.1, -0.05) is 18.2 Å². The topological polar surface area (TPSA) is 274 Å². The molecule has 0 saturated heterocycles. The summed E-state index contributed by atoms with van der Waals surface area (Å²) in [4.78, 5) is 13.9. The van der Waals surface area contributed by atoms with Crippen LogP contribution in [0.2, 0.25) is 10.6 Å². The zero-order valence-corrected chi connectivity index (χ0v) is 30.9. The summed E-state index contributed by atoms with van der Waals surface area (Å²) in [6, 6.07) is 17.0. The van der Waals surface area contributed by atoms with Crippen LogP contribution in [0.15, 0.2) is 85.1 Å². The van der Waals surface area contributed by atoms with Gasteiger partial charge in [0, 0.05) is 81.9 Å². The van der Waals surface area contributed by atoms with Gasteiger partial charge in [-0.15, -0.1) is 0 Å². The monoisotopic (exact) mass is 825 g/mol. The standard InChI is InChI=1S/C19H16Cl2N8O4S3.C10H9NO2S2/c20-17-25-18(21)27-19(26-17)24-7-1-2-9(34-31)8(5-7)28-29-15-11(36-33)4-6-3-10(35-32)13(22)14(23)12(6)16(15)30;11-8-5-4-6-7(10(8)15-13)2-1-3-9(6)14-12/h1-5,28-33H,22-23H2,(H,24,25,26,27);1-5,12-13H,11H2. The molecule has 1 heterocycles. The van der Waals surface area contributed by atoms with E-state index in [0.717, 1.165) is 15.7 Å². The Morgan fingerprint density at radius 3 is 1.94 bits per heavy atom. The molecule has 0 atom stereocenters. The molecule has 0 bridgehead atoms. The number of anilines is 7. The van der Waals surface area contributed by atoms with Crippen LogP contribution < -0.4 is 33.4 Å². The Morgan fingerprint density at radius 2 is 1.29 bits per heavy atom. The summed E-state index contributed by atoms with van der Waals surface area (Å²) < 4.78 is 47.2. The number of fused-ring (bicyclic) bond motifs is 2. The number of hydrazine groups is 1. The zero-order chi connectivity index (χ0) is 36.8. The molecule has 0 fully saturated rings. The highest BCUT2D eigenvalue weighted by Gasteiger charge is 2.20. The SMILES string of the molecule is Nc1c(SO)cc2cc(SO)c(NNc3cc(Nc4nc(Cl)nc(Cl)n4)ccc3SO)c(O)c2c1N.Nc1ccc2c(SO)cccc2c1SO. The molecule has 51 heavy (non-hydrogen) atoms. The van der Waals surface area contributed by atoms with Crippen LogP contribution in [0.3, 0.4) is 0 Å². The molecule has 0 aliphatic rings. The fraction of sp³-hybridized carbons (Fsp3) is 0. The minimum absolute atomic E-state index is 0.0616. The van der Waals surface area contributed by atoms with Gasteiger partial charge in [0.2, 0.25) is 16.5 Å². The molecule has 1 aromatic heterocycles. The maximum atomic E-state index is 11.0. The Labute approximate surface area is 320 Å². The number of nitrogens with one attached hydrogen (secondary N) is 3. The number of aromatic nitrogens is 3. The van der Waals surface area contributed by atoms with E-state index in [2.05, 4.69) is 31.1 Å². The first-order valence-electron chi connectivity index (χ1n) is 13.8. The summed E-state index contributed by atoms with van der Waals surface area (Å²) in [5, 5.41) is 16.1. The second-order valence-corrected chi connectivity index (χ2v) is 13.7. The van der Waals surface area contributed by atoms with E-state index in [1.54, 1.807) is 30.3 Å². The summed E-state index contributed by atoms with van der Waals surface area (Å²) >= 11 is 14.2. The first-order chi connectivity index (χ1) is 24.5. The highest BCUT2D eigenvalue weighted by atomic mass is 35.5. The van der Waals surface area contributed by atoms with Crippen LogP contribution >= 0.6 is 83.4 Å². The molecule has 0 spiro atoms. The normalized spacial score (nSPS) is 11.0. The fourth-order valence-electron chi connectivity index (χ4n) is 4.74. The van der Waals surface area contributed by atoms with Crippen molar-refractivity contribution < 1.29 is 27.9 Å². The first-order valence-corrected chi connectivity index (χ1v) is 18.4. The lowest BCUT2D eigenvalue weighted by atomic mass is 10.1. The molecule has 0 unspecified atom stereocenters. The summed E-state index contributed by atoms with van der Waals surface area (Å²) in [7, 11) is 0. The minimum Gasteiger partial charge on any atom is -0.505 e. The van der Waals surface area contributed by atoms with E-state index < -0.39 is 0 Å². The summed E-state index contributed by atoms with van der Waals surface area (Å²) in [6.45, 7) is 0. The predicted molar refractivity (Wildman–Crippen MR) is 212 cm³/mol.